The molecule has 1 aliphatic heterocycles. The van der Waals surface area contributed by atoms with Crippen LogP contribution in [-0.4, -0.2) is 60.9 Å². The van der Waals surface area contributed by atoms with E-state index in [0.29, 0.717) is 13.0 Å². The Hall–Kier alpha value is -1.95. The normalized spacial score (nSPS) is 23.4. The summed E-state index contributed by atoms with van der Waals surface area (Å²) in [6.45, 7) is 7.35. The summed E-state index contributed by atoms with van der Waals surface area (Å²) in [6, 6.07) is 6.38. The van der Waals surface area contributed by atoms with Gasteiger partial charge in [-0.2, -0.15) is 0 Å². The van der Waals surface area contributed by atoms with Gasteiger partial charge in [0.2, 0.25) is 11.8 Å². The van der Waals surface area contributed by atoms with E-state index in [1.165, 1.54) is 12.1 Å². The third-order valence-corrected chi connectivity index (χ3v) is 6.20. The Bertz CT molecular complexity index is 648. The molecular weight excluding hydrogens is 357 g/mol. The highest BCUT2D eigenvalue weighted by Crippen LogP contribution is 2.30. The minimum absolute atomic E-state index is 0.00852. The fraction of sp³-hybridized carbons (Fsp3) is 0.636. The van der Waals surface area contributed by atoms with Crippen molar-refractivity contribution >= 4 is 11.8 Å². The van der Waals surface area contributed by atoms with E-state index >= 15 is 0 Å². The SMILES string of the molecule is CCN1CCN(C(=O)C2CCC(C(=O)NCCc3ccc(F)cc3)CC2)CC1. The van der Waals surface area contributed by atoms with Gasteiger partial charge in [-0.1, -0.05) is 19.1 Å². The van der Waals surface area contributed by atoms with E-state index in [-0.39, 0.29) is 29.5 Å². The summed E-state index contributed by atoms with van der Waals surface area (Å²) in [4.78, 5) is 29.6. The average molecular weight is 390 g/mol. The molecule has 0 unspecified atom stereocenters. The molecule has 6 heteroatoms. The van der Waals surface area contributed by atoms with Gasteiger partial charge >= 0.3 is 0 Å². The van der Waals surface area contributed by atoms with Gasteiger partial charge in [-0.3, -0.25) is 9.59 Å². The largest absolute Gasteiger partial charge is 0.356 e. The summed E-state index contributed by atoms with van der Waals surface area (Å²) in [7, 11) is 0. The summed E-state index contributed by atoms with van der Waals surface area (Å²) in [5.74, 6) is 0.215. The highest BCUT2D eigenvalue weighted by atomic mass is 19.1. The lowest BCUT2D eigenvalue weighted by atomic mass is 9.80. The van der Waals surface area contributed by atoms with Gasteiger partial charge in [0.05, 0.1) is 0 Å². The van der Waals surface area contributed by atoms with Crippen molar-refractivity contribution < 1.29 is 14.0 Å². The van der Waals surface area contributed by atoms with Gasteiger partial charge in [-0.25, -0.2) is 4.39 Å². The van der Waals surface area contributed by atoms with Crippen LogP contribution in [0.1, 0.15) is 38.2 Å². The number of likely N-dealkylation sites (N-methyl/N-ethyl adjacent to an activating group) is 1. The molecule has 2 fully saturated rings. The maximum atomic E-state index is 12.9. The van der Waals surface area contributed by atoms with Crippen LogP contribution in [0.4, 0.5) is 4.39 Å². The third-order valence-electron chi connectivity index (χ3n) is 6.20. The van der Waals surface area contributed by atoms with Gasteiger partial charge in [-0.05, 0) is 56.3 Å². The lowest BCUT2D eigenvalue weighted by Gasteiger charge is -2.37. The zero-order chi connectivity index (χ0) is 19.9. The summed E-state index contributed by atoms with van der Waals surface area (Å²) < 4.78 is 12.9. The first-order valence-electron chi connectivity index (χ1n) is 10.6. The number of carbonyl (C=O) groups excluding carboxylic acids is 2. The molecule has 1 aliphatic carbocycles. The van der Waals surface area contributed by atoms with Crippen LogP contribution in [0.3, 0.4) is 0 Å². The number of halogens is 1. The molecule has 2 amide bonds. The van der Waals surface area contributed by atoms with Crippen LogP contribution >= 0.6 is 0 Å². The predicted octanol–water partition coefficient (Wildman–Crippen LogP) is 2.45. The standard InChI is InChI=1S/C22H32FN3O2/c1-2-25-13-15-26(16-14-25)22(28)19-7-5-18(6-8-19)21(27)24-12-11-17-3-9-20(23)10-4-17/h3-4,9-10,18-19H,2,5-8,11-16H2,1H3,(H,24,27). The predicted molar refractivity (Wildman–Crippen MR) is 107 cm³/mol. The second-order valence-electron chi connectivity index (χ2n) is 7.98. The highest BCUT2D eigenvalue weighted by Gasteiger charge is 2.33. The number of benzene rings is 1. The first kappa shape index (κ1) is 20.8. The molecule has 0 spiro atoms. The number of piperazine rings is 1. The lowest BCUT2D eigenvalue weighted by molar-refractivity contribution is -0.140. The van der Waals surface area contributed by atoms with Crippen LogP contribution in [-0.2, 0) is 16.0 Å². The Morgan fingerprint density at radius 1 is 1.00 bits per heavy atom. The number of nitrogens with one attached hydrogen (secondary N) is 1. The third kappa shape index (κ3) is 5.53. The Kier molecular flexibility index (Phi) is 7.43. The number of rotatable bonds is 6. The van der Waals surface area contributed by atoms with Crippen molar-refractivity contribution in [1.82, 2.24) is 15.1 Å². The molecule has 0 atom stereocenters. The smallest absolute Gasteiger partial charge is 0.225 e. The van der Waals surface area contributed by atoms with E-state index in [2.05, 4.69) is 17.1 Å². The molecule has 1 aromatic carbocycles. The van der Waals surface area contributed by atoms with E-state index in [1.807, 2.05) is 4.90 Å². The molecule has 2 aliphatic rings. The number of hydrogen-bond donors (Lipinski definition) is 1. The van der Waals surface area contributed by atoms with Crippen LogP contribution in [0, 0.1) is 17.7 Å². The Morgan fingerprint density at radius 3 is 2.21 bits per heavy atom. The van der Waals surface area contributed by atoms with E-state index < -0.39 is 0 Å². The number of amides is 2. The van der Waals surface area contributed by atoms with Crippen molar-refractivity contribution in [2.24, 2.45) is 11.8 Å². The van der Waals surface area contributed by atoms with Crippen LogP contribution in [0.25, 0.3) is 0 Å². The van der Waals surface area contributed by atoms with E-state index in [0.717, 1.165) is 64.0 Å². The molecule has 0 aromatic heterocycles. The molecule has 0 radical (unpaired) electrons. The van der Waals surface area contributed by atoms with Gasteiger partial charge in [0, 0.05) is 44.6 Å². The molecular formula is C22H32FN3O2. The first-order chi connectivity index (χ1) is 13.6. The second kappa shape index (κ2) is 10.0. The zero-order valence-corrected chi connectivity index (χ0v) is 16.8. The Labute approximate surface area is 167 Å². The molecule has 1 aromatic rings. The van der Waals surface area contributed by atoms with Gasteiger partial charge < -0.3 is 15.1 Å². The van der Waals surface area contributed by atoms with Crippen molar-refractivity contribution in [1.29, 1.82) is 0 Å². The Balaban J connectivity index is 1.36. The fourth-order valence-electron chi connectivity index (χ4n) is 4.27. The summed E-state index contributed by atoms with van der Waals surface area (Å²) >= 11 is 0. The minimum Gasteiger partial charge on any atom is -0.356 e. The highest BCUT2D eigenvalue weighted by molar-refractivity contribution is 5.81. The van der Waals surface area contributed by atoms with Gasteiger partial charge in [0.1, 0.15) is 5.82 Å². The quantitative estimate of drug-likeness (QED) is 0.813. The lowest BCUT2D eigenvalue weighted by Crippen LogP contribution is -2.50. The fourth-order valence-corrected chi connectivity index (χ4v) is 4.27. The second-order valence-corrected chi connectivity index (χ2v) is 7.98. The van der Waals surface area contributed by atoms with Gasteiger partial charge in [0.25, 0.3) is 0 Å². The van der Waals surface area contributed by atoms with Crippen LogP contribution in [0.5, 0.6) is 0 Å². The van der Waals surface area contributed by atoms with Crippen molar-refractivity contribution in [3.63, 3.8) is 0 Å². The molecule has 1 saturated carbocycles. The first-order valence-corrected chi connectivity index (χ1v) is 10.6. The number of hydrogen-bond acceptors (Lipinski definition) is 3. The molecule has 154 valence electrons. The molecule has 1 N–H and O–H groups in total. The van der Waals surface area contributed by atoms with Crippen LogP contribution in [0.2, 0.25) is 0 Å². The average Bonchev–Trinajstić information content (AvgIpc) is 2.74. The summed E-state index contributed by atoms with van der Waals surface area (Å²) in [6.07, 6.45) is 3.89. The van der Waals surface area contributed by atoms with Crippen LogP contribution < -0.4 is 5.32 Å². The number of carbonyl (C=O) groups is 2. The number of nitrogens with zero attached hydrogens (tertiary/aromatic N) is 2. The van der Waals surface area contributed by atoms with Crippen molar-refractivity contribution in [2.75, 3.05) is 39.3 Å². The van der Waals surface area contributed by atoms with E-state index in [1.54, 1.807) is 12.1 Å². The molecule has 0 bridgehead atoms. The van der Waals surface area contributed by atoms with Crippen molar-refractivity contribution in [3.8, 4) is 0 Å². The molecule has 1 heterocycles. The summed E-state index contributed by atoms with van der Waals surface area (Å²) in [5, 5.41) is 3.00. The Morgan fingerprint density at radius 2 is 1.61 bits per heavy atom. The summed E-state index contributed by atoms with van der Waals surface area (Å²) in [5.41, 5.74) is 1.01. The monoisotopic (exact) mass is 389 g/mol. The van der Waals surface area contributed by atoms with E-state index in [9.17, 15) is 14.0 Å². The molecule has 3 rings (SSSR count). The van der Waals surface area contributed by atoms with Gasteiger partial charge in [0.15, 0.2) is 0 Å². The minimum atomic E-state index is -0.244. The zero-order valence-electron chi connectivity index (χ0n) is 16.8. The maximum absolute atomic E-state index is 12.9. The molecule has 5 nitrogen and oxygen atoms in total. The van der Waals surface area contributed by atoms with E-state index in [4.69, 9.17) is 0 Å². The van der Waals surface area contributed by atoms with Crippen molar-refractivity contribution in [2.45, 2.75) is 39.0 Å². The van der Waals surface area contributed by atoms with Crippen LogP contribution in [0.15, 0.2) is 24.3 Å². The van der Waals surface area contributed by atoms with Crippen molar-refractivity contribution in [3.05, 3.63) is 35.6 Å². The molecule has 1 saturated heterocycles. The maximum Gasteiger partial charge on any atom is 0.225 e. The van der Waals surface area contributed by atoms with Gasteiger partial charge in [-0.15, -0.1) is 0 Å². The topological polar surface area (TPSA) is 52.7 Å². The molecule has 28 heavy (non-hydrogen) atoms.